The Kier molecular flexibility index (Phi) is 4.43. The van der Waals surface area contributed by atoms with Gasteiger partial charge < -0.3 is 5.32 Å². The van der Waals surface area contributed by atoms with Gasteiger partial charge in [0, 0.05) is 12.8 Å². The number of hydrogen-bond donors (Lipinski definition) is 1. The van der Waals surface area contributed by atoms with Crippen LogP contribution in [0.4, 0.5) is 0 Å². The number of rotatable bonds is 6. The van der Waals surface area contributed by atoms with Gasteiger partial charge in [0.25, 0.3) is 0 Å². The van der Waals surface area contributed by atoms with E-state index in [1.807, 2.05) is 0 Å². The summed E-state index contributed by atoms with van der Waals surface area (Å²) in [4.78, 5) is 11.5. The molecule has 1 aliphatic rings. The molecule has 0 atom stereocenters. The Morgan fingerprint density at radius 3 is 2.38 bits per heavy atom. The minimum atomic E-state index is 0.472. The average molecular weight is 183 g/mol. The topological polar surface area (TPSA) is 29.1 Å². The lowest BCUT2D eigenvalue weighted by molar-refractivity contribution is -0.121. The van der Waals surface area contributed by atoms with Crippen molar-refractivity contribution in [3.05, 3.63) is 0 Å². The third kappa shape index (κ3) is 3.47. The quantitative estimate of drug-likeness (QED) is 0.682. The molecule has 1 N–H and O–H groups in total. The fourth-order valence-corrected chi connectivity index (χ4v) is 1.80. The molecule has 1 aliphatic heterocycles. The van der Waals surface area contributed by atoms with Gasteiger partial charge in [0.15, 0.2) is 0 Å². The van der Waals surface area contributed by atoms with Crippen LogP contribution >= 0.6 is 0 Å². The molecule has 0 unspecified atom stereocenters. The number of carbonyl (C=O) groups is 1. The van der Waals surface area contributed by atoms with Crippen molar-refractivity contribution in [1.82, 2.24) is 5.32 Å². The van der Waals surface area contributed by atoms with Crippen molar-refractivity contribution >= 4 is 5.78 Å². The summed E-state index contributed by atoms with van der Waals surface area (Å²) in [7, 11) is 0. The minimum absolute atomic E-state index is 0.472. The van der Waals surface area contributed by atoms with Gasteiger partial charge in [-0.1, -0.05) is 26.7 Å². The maximum absolute atomic E-state index is 11.5. The molecular weight excluding hydrogens is 162 g/mol. The van der Waals surface area contributed by atoms with E-state index >= 15 is 0 Å². The normalized spacial score (nSPS) is 17.5. The smallest absolute Gasteiger partial charge is 0.133 e. The first-order valence-electron chi connectivity index (χ1n) is 5.48. The third-order valence-corrected chi connectivity index (χ3v) is 3.05. The predicted molar refractivity (Wildman–Crippen MR) is 54.7 cm³/mol. The molecule has 0 radical (unpaired) electrons. The Hall–Kier alpha value is -0.370. The van der Waals surface area contributed by atoms with Gasteiger partial charge in [-0.15, -0.1) is 0 Å². The van der Waals surface area contributed by atoms with Crippen molar-refractivity contribution < 1.29 is 4.79 Å². The van der Waals surface area contributed by atoms with Crippen molar-refractivity contribution in [2.24, 2.45) is 11.8 Å². The maximum atomic E-state index is 11.5. The summed E-state index contributed by atoms with van der Waals surface area (Å²) in [5.41, 5.74) is 0. The zero-order valence-electron chi connectivity index (χ0n) is 8.81. The largest absolute Gasteiger partial charge is 0.316 e. The fraction of sp³-hybridized carbons (Fsp3) is 0.909. The lowest BCUT2D eigenvalue weighted by atomic mass is 9.90. The second-order valence-corrected chi connectivity index (χ2v) is 4.15. The molecule has 2 nitrogen and oxygen atoms in total. The monoisotopic (exact) mass is 183 g/mol. The molecule has 1 heterocycles. The zero-order valence-corrected chi connectivity index (χ0v) is 8.81. The molecule has 1 rings (SSSR count). The van der Waals surface area contributed by atoms with Gasteiger partial charge in [-0.3, -0.25) is 4.79 Å². The molecule has 0 bridgehead atoms. The number of carbonyl (C=O) groups excluding carboxylic acids is 1. The van der Waals surface area contributed by atoms with Crippen LogP contribution in [-0.2, 0) is 4.79 Å². The van der Waals surface area contributed by atoms with Gasteiger partial charge in [0.2, 0.25) is 0 Å². The van der Waals surface area contributed by atoms with E-state index in [0.29, 0.717) is 17.6 Å². The van der Waals surface area contributed by atoms with Crippen molar-refractivity contribution in [2.75, 3.05) is 13.1 Å². The second kappa shape index (κ2) is 5.38. The van der Waals surface area contributed by atoms with Gasteiger partial charge in [-0.25, -0.2) is 0 Å². The molecule has 13 heavy (non-hydrogen) atoms. The predicted octanol–water partition coefficient (Wildman–Crippen LogP) is 1.99. The highest BCUT2D eigenvalue weighted by atomic mass is 16.1. The summed E-state index contributed by atoms with van der Waals surface area (Å²) in [5.74, 6) is 1.74. The molecule has 0 saturated carbocycles. The van der Waals surface area contributed by atoms with E-state index in [0.717, 1.165) is 38.8 Å². The van der Waals surface area contributed by atoms with E-state index < -0.39 is 0 Å². The first-order chi connectivity index (χ1) is 6.26. The SMILES string of the molecule is CCC(CC)CC(=O)CC1CNC1. The van der Waals surface area contributed by atoms with E-state index in [9.17, 15) is 4.79 Å². The molecule has 0 aromatic heterocycles. The first-order valence-corrected chi connectivity index (χ1v) is 5.48. The van der Waals surface area contributed by atoms with Crippen LogP contribution in [0.15, 0.2) is 0 Å². The summed E-state index contributed by atoms with van der Waals surface area (Å²) < 4.78 is 0. The van der Waals surface area contributed by atoms with Crippen LogP contribution < -0.4 is 5.32 Å². The third-order valence-electron chi connectivity index (χ3n) is 3.05. The minimum Gasteiger partial charge on any atom is -0.316 e. The molecule has 1 saturated heterocycles. The van der Waals surface area contributed by atoms with Crippen LogP contribution in [0.5, 0.6) is 0 Å². The molecule has 1 fully saturated rings. The Bertz CT molecular complexity index is 159. The highest BCUT2D eigenvalue weighted by Crippen LogP contribution is 2.17. The Balaban J connectivity index is 2.14. The van der Waals surface area contributed by atoms with E-state index in [-0.39, 0.29) is 0 Å². The standard InChI is InChI=1S/C11H21NO/c1-3-9(4-2)5-11(13)6-10-7-12-8-10/h9-10,12H,3-8H2,1-2H3. The second-order valence-electron chi connectivity index (χ2n) is 4.15. The molecular formula is C11H21NO. The van der Waals surface area contributed by atoms with Crippen LogP contribution in [0.3, 0.4) is 0 Å². The van der Waals surface area contributed by atoms with Gasteiger partial charge in [-0.2, -0.15) is 0 Å². The number of Topliss-reactive ketones (excluding diaryl/α,β-unsaturated/α-hetero) is 1. The Morgan fingerprint density at radius 2 is 2.00 bits per heavy atom. The van der Waals surface area contributed by atoms with Crippen molar-refractivity contribution in [1.29, 1.82) is 0 Å². The summed E-state index contributed by atoms with van der Waals surface area (Å²) in [6, 6.07) is 0. The van der Waals surface area contributed by atoms with Crippen molar-refractivity contribution in [2.45, 2.75) is 39.5 Å². The molecule has 76 valence electrons. The van der Waals surface area contributed by atoms with E-state index in [1.165, 1.54) is 0 Å². The van der Waals surface area contributed by atoms with Gasteiger partial charge >= 0.3 is 0 Å². The maximum Gasteiger partial charge on any atom is 0.133 e. The molecule has 0 aromatic rings. The van der Waals surface area contributed by atoms with Crippen LogP contribution in [0.2, 0.25) is 0 Å². The first kappa shape index (κ1) is 10.7. The molecule has 0 aromatic carbocycles. The van der Waals surface area contributed by atoms with Gasteiger partial charge in [0.05, 0.1) is 0 Å². The molecule has 2 heteroatoms. The van der Waals surface area contributed by atoms with E-state index in [2.05, 4.69) is 19.2 Å². The Labute approximate surface area is 81.1 Å². The van der Waals surface area contributed by atoms with Crippen molar-refractivity contribution in [3.63, 3.8) is 0 Å². The van der Waals surface area contributed by atoms with Crippen LogP contribution in [0.1, 0.15) is 39.5 Å². The number of hydrogen-bond acceptors (Lipinski definition) is 2. The fourth-order valence-electron chi connectivity index (χ4n) is 1.80. The number of nitrogens with one attached hydrogen (secondary N) is 1. The highest BCUT2D eigenvalue weighted by molar-refractivity contribution is 5.79. The van der Waals surface area contributed by atoms with E-state index in [1.54, 1.807) is 0 Å². The lowest BCUT2D eigenvalue weighted by Crippen LogP contribution is -2.43. The summed E-state index contributed by atoms with van der Waals surface area (Å²) in [5, 5.41) is 3.20. The summed E-state index contributed by atoms with van der Waals surface area (Å²) in [6.45, 7) is 6.45. The van der Waals surface area contributed by atoms with Crippen molar-refractivity contribution in [3.8, 4) is 0 Å². The van der Waals surface area contributed by atoms with Gasteiger partial charge in [0.1, 0.15) is 5.78 Å². The Morgan fingerprint density at radius 1 is 1.38 bits per heavy atom. The van der Waals surface area contributed by atoms with Crippen LogP contribution in [0.25, 0.3) is 0 Å². The zero-order chi connectivity index (χ0) is 9.68. The summed E-state index contributed by atoms with van der Waals surface area (Å²) >= 11 is 0. The van der Waals surface area contributed by atoms with E-state index in [4.69, 9.17) is 0 Å². The molecule has 0 amide bonds. The van der Waals surface area contributed by atoms with Gasteiger partial charge in [-0.05, 0) is 24.9 Å². The molecule has 0 aliphatic carbocycles. The number of ketones is 1. The van der Waals surface area contributed by atoms with Crippen LogP contribution in [-0.4, -0.2) is 18.9 Å². The highest BCUT2D eigenvalue weighted by Gasteiger charge is 2.21. The molecule has 0 spiro atoms. The lowest BCUT2D eigenvalue weighted by Gasteiger charge is -2.26. The summed E-state index contributed by atoms with van der Waals surface area (Å²) in [6.07, 6.45) is 3.91. The average Bonchev–Trinajstić information content (AvgIpc) is 2.07. The van der Waals surface area contributed by atoms with Crippen LogP contribution in [0, 0.1) is 11.8 Å².